The van der Waals surface area contributed by atoms with Crippen molar-refractivity contribution >= 4 is 22.5 Å². The van der Waals surface area contributed by atoms with Gasteiger partial charge >= 0.3 is 5.91 Å². The van der Waals surface area contributed by atoms with Crippen molar-refractivity contribution in [1.29, 1.82) is 0 Å². The van der Waals surface area contributed by atoms with Crippen molar-refractivity contribution in [1.82, 2.24) is 4.98 Å². The van der Waals surface area contributed by atoms with Crippen molar-refractivity contribution in [3.05, 3.63) is 65.4 Å². The van der Waals surface area contributed by atoms with Gasteiger partial charge in [0, 0.05) is 17.3 Å². The number of hydrogen-bond donors (Lipinski definition) is 3. The number of aliphatic hydroxyl groups is 1. The van der Waals surface area contributed by atoms with Crippen molar-refractivity contribution in [3.63, 3.8) is 0 Å². The van der Waals surface area contributed by atoms with E-state index in [2.05, 4.69) is 22.4 Å². The Morgan fingerprint density at radius 3 is 2.83 bits per heavy atom. The van der Waals surface area contributed by atoms with E-state index in [1.807, 2.05) is 36.4 Å². The molecule has 4 N–H and O–H groups in total. The number of carbonyl (C=O) groups is 1. The van der Waals surface area contributed by atoms with Crippen LogP contribution in [0.5, 0.6) is 0 Å². The number of benzene rings is 2. The number of hydrogen-bond acceptors (Lipinski definition) is 2. The lowest BCUT2D eigenvalue weighted by atomic mass is 9.82. The lowest BCUT2D eigenvalue weighted by Gasteiger charge is -2.30. The number of aliphatic hydroxyl groups excluding tert-OH is 1. The number of quaternary nitrogens is 1. The second-order valence-electron chi connectivity index (χ2n) is 6.47. The number of anilines is 1. The molecular formula is C19H18N3O2+. The molecule has 2 aliphatic heterocycles. The van der Waals surface area contributed by atoms with Crippen LogP contribution in [0, 0.1) is 0 Å². The van der Waals surface area contributed by atoms with Crippen LogP contribution in [0.15, 0.2) is 48.5 Å². The maximum atomic E-state index is 13.3. The van der Waals surface area contributed by atoms with Crippen LogP contribution in [0.2, 0.25) is 0 Å². The second-order valence-corrected chi connectivity index (χ2v) is 6.47. The molecule has 2 aliphatic rings. The predicted molar refractivity (Wildman–Crippen MR) is 90.6 cm³/mol. The maximum Gasteiger partial charge on any atom is 0.301 e. The van der Waals surface area contributed by atoms with E-state index in [-0.39, 0.29) is 12.6 Å². The highest BCUT2D eigenvalue weighted by molar-refractivity contribution is 6.09. The molecule has 1 atom stereocenters. The number of carbonyl (C=O) groups excluding carboxylic acids is 1. The summed E-state index contributed by atoms with van der Waals surface area (Å²) in [4.78, 5) is 18.3. The third kappa shape index (κ3) is 1.48. The van der Waals surface area contributed by atoms with E-state index in [1.165, 1.54) is 15.8 Å². The molecule has 0 bridgehead atoms. The van der Waals surface area contributed by atoms with Gasteiger partial charge in [-0.1, -0.05) is 30.3 Å². The minimum absolute atomic E-state index is 0.0706. The Labute approximate surface area is 138 Å². The van der Waals surface area contributed by atoms with Gasteiger partial charge in [-0.3, -0.25) is 9.69 Å². The highest BCUT2D eigenvalue weighted by Gasteiger charge is 2.58. The van der Waals surface area contributed by atoms with Gasteiger partial charge in [-0.25, -0.2) is 0 Å². The Kier molecular flexibility index (Phi) is 2.69. The van der Waals surface area contributed by atoms with E-state index in [9.17, 15) is 9.90 Å². The quantitative estimate of drug-likeness (QED) is 0.621. The Morgan fingerprint density at radius 2 is 1.96 bits per heavy atom. The Bertz CT molecular complexity index is 978. The lowest BCUT2D eigenvalue weighted by Crippen LogP contribution is -2.99. The van der Waals surface area contributed by atoms with Gasteiger partial charge in [0.1, 0.15) is 6.73 Å². The van der Waals surface area contributed by atoms with Gasteiger partial charge in [0.15, 0.2) is 0 Å². The number of nitrogens with one attached hydrogen (secondary N) is 1. The van der Waals surface area contributed by atoms with Gasteiger partial charge in [-0.2, -0.15) is 0 Å². The Balaban J connectivity index is 1.86. The third-order valence-electron chi connectivity index (χ3n) is 5.40. The summed E-state index contributed by atoms with van der Waals surface area (Å²) in [6, 6.07) is 16.0. The number of rotatable bonds is 1. The molecule has 5 rings (SSSR count). The van der Waals surface area contributed by atoms with Crippen LogP contribution in [0.25, 0.3) is 10.9 Å². The van der Waals surface area contributed by atoms with E-state index in [4.69, 9.17) is 0 Å². The highest BCUT2D eigenvalue weighted by atomic mass is 16.3. The van der Waals surface area contributed by atoms with Crippen molar-refractivity contribution in [2.75, 3.05) is 18.2 Å². The number of para-hydroxylation sites is 2. The summed E-state index contributed by atoms with van der Waals surface area (Å²) in [5.74, 6) is -0.0706. The SMILES string of the molecule is O=C1N(CO)c2ccccc2[C@@]12[NH2+]CCc1c2[nH]c2ccccc12. The molecule has 0 radical (unpaired) electrons. The average Bonchev–Trinajstić information content (AvgIpc) is 3.11. The first kappa shape index (κ1) is 13.8. The van der Waals surface area contributed by atoms with Crippen LogP contribution in [0.1, 0.15) is 16.8 Å². The largest absolute Gasteiger partial charge is 0.376 e. The molecule has 3 heterocycles. The number of H-pyrrole nitrogens is 1. The number of amides is 1. The van der Waals surface area contributed by atoms with Crippen LogP contribution in [-0.2, 0) is 16.8 Å². The molecule has 5 heteroatoms. The van der Waals surface area contributed by atoms with E-state index < -0.39 is 5.54 Å². The normalized spacial score (nSPS) is 22.2. The average molecular weight is 320 g/mol. The number of aromatic nitrogens is 1. The highest BCUT2D eigenvalue weighted by Crippen LogP contribution is 2.44. The molecular weight excluding hydrogens is 302 g/mol. The topological polar surface area (TPSA) is 72.9 Å². The van der Waals surface area contributed by atoms with Gasteiger partial charge < -0.3 is 15.4 Å². The van der Waals surface area contributed by atoms with Crippen LogP contribution in [0.3, 0.4) is 0 Å². The van der Waals surface area contributed by atoms with Crippen LogP contribution in [0.4, 0.5) is 5.69 Å². The molecule has 0 unspecified atom stereocenters. The monoisotopic (exact) mass is 320 g/mol. The smallest absolute Gasteiger partial charge is 0.301 e. The third-order valence-corrected chi connectivity index (χ3v) is 5.40. The summed E-state index contributed by atoms with van der Waals surface area (Å²) in [5.41, 5.74) is 4.18. The van der Waals surface area contributed by atoms with Crippen molar-refractivity contribution < 1.29 is 15.2 Å². The fraction of sp³-hybridized carbons (Fsp3) is 0.211. The molecule has 24 heavy (non-hydrogen) atoms. The lowest BCUT2D eigenvalue weighted by molar-refractivity contribution is -0.714. The van der Waals surface area contributed by atoms with E-state index in [1.54, 1.807) is 0 Å². The van der Waals surface area contributed by atoms with E-state index in [0.717, 1.165) is 35.4 Å². The molecule has 0 saturated carbocycles. The van der Waals surface area contributed by atoms with Gasteiger partial charge in [-0.05, 0) is 23.8 Å². The van der Waals surface area contributed by atoms with Gasteiger partial charge in [0.25, 0.3) is 0 Å². The summed E-state index contributed by atoms with van der Waals surface area (Å²) in [6.07, 6.45) is 0.926. The first-order valence-corrected chi connectivity index (χ1v) is 8.24. The Hall–Kier alpha value is -2.63. The van der Waals surface area contributed by atoms with Crippen molar-refractivity contribution in [2.24, 2.45) is 0 Å². The molecule has 1 amide bonds. The molecule has 0 fully saturated rings. The second kappa shape index (κ2) is 4.69. The molecule has 1 spiro atoms. The molecule has 120 valence electrons. The van der Waals surface area contributed by atoms with E-state index >= 15 is 0 Å². The molecule has 1 aromatic heterocycles. The first-order chi connectivity index (χ1) is 11.8. The van der Waals surface area contributed by atoms with Crippen LogP contribution in [-0.4, -0.2) is 29.3 Å². The minimum atomic E-state index is -0.814. The summed E-state index contributed by atoms with van der Waals surface area (Å²) >= 11 is 0. The number of aromatic amines is 1. The number of fused-ring (bicyclic) bond motifs is 6. The predicted octanol–water partition coefficient (Wildman–Crippen LogP) is 0.827. The summed E-state index contributed by atoms with van der Waals surface area (Å²) in [5, 5.41) is 13.1. The molecule has 3 aromatic rings. The molecule has 0 aliphatic carbocycles. The molecule has 0 saturated heterocycles. The standard InChI is InChI=1S/C19H17N3O2/c23-11-22-16-8-4-2-6-14(16)19(18(22)24)17-13(9-10-20-19)12-5-1-3-7-15(12)21-17/h1-8,20-21,23H,9-11H2/p+1/t19-/m0/s1. The molecule has 2 aromatic carbocycles. The van der Waals surface area contributed by atoms with Crippen LogP contribution >= 0.6 is 0 Å². The van der Waals surface area contributed by atoms with Crippen molar-refractivity contribution in [3.8, 4) is 0 Å². The fourth-order valence-electron chi connectivity index (χ4n) is 4.39. The van der Waals surface area contributed by atoms with Gasteiger partial charge in [0.2, 0.25) is 5.54 Å². The Morgan fingerprint density at radius 1 is 1.17 bits per heavy atom. The van der Waals surface area contributed by atoms with Gasteiger partial charge in [-0.15, -0.1) is 0 Å². The van der Waals surface area contributed by atoms with E-state index in [0.29, 0.717) is 0 Å². The first-order valence-electron chi connectivity index (χ1n) is 8.24. The zero-order chi connectivity index (χ0) is 16.3. The fourth-order valence-corrected chi connectivity index (χ4v) is 4.39. The number of nitrogens with zero attached hydrogens (tertiary/aromatic N) is 1. The zero-order valence-corrected chi connectivity index (χ0v) is 13.1. The van der Waals surface area contributed by atoms with Crippen molar-refractivity contribution in [2.45, 2.75) is 12.0 Å². The molecule has 5 nitrogen and oxygen atoms in total. The summed E-state index contributed by atoms with van der Waals surface area (Å²) in [6.45, 7) is 0.537. The van der Waals surface area contributed by atoms with Crippen LogP contribution < -0.4 is 10.2 Å². The van der Waals surface area contributed by atoms with Gasteiger partial charge in [0.05, 0.1) is 23.5 Å². The minimum Gasteiger partial charge on any atom is -0.376 e. The summed E-state index contributed by atoms with van der Waals surface area (Å²) in [7, 11) is 0. The number of nitrogens with two attached hydrogens (primary N) is 1. The zero-order valence-electron chi connectivity index (χ0n) is 13.1. The summed E-state index contributed by atoms with van der Waals surface area (Å²) < 4.78 is 0. The maximum absolute atomic E-state index is 13.3.